The van der Waals surface area contributed by atoms with Gasteiger partial charge in [-0.15, -0.1) is 10.2 Å². The molecule has 0 bridgehead atoms. The van der Waals surface area contributed by atoms with Crippen molar-refractivity contribution in [1.82, 2.24) is 15.5 Å². The monoisotopic (exact) mass is 233 g/mol. The van der Waals surface area contributed by atoms with Gasteiger partial charge in [-0.05, 0) is 24.7 Å². The van der Waals surface area contributed by atoms with E-state index in [0.717, 1.165) is 11.3 Å². The molecule has 0 fully saturated rings. The molecule has 1 aromatic heterocycles. The third-order valence-electron chi connectivity index (χ3n) is 2.35. The second kappa shape index (κ2) is 5.45. The van der Waals surface area contributed by atoms with Gasteiger partial charge in [-0.1, -0.05) is 12.1 Å². The summed E-state index contributed by atoms with van der Waals surface area (Å²) in [6.45, 7) is 0.593. The second-order valence-corrected chi connectivity index (χ2v) is 3.64. The third-order valence-corrected chi connectivity index (χ3v) is 2.35. The number of ether oxygens (including phenoxy) is 1. The number of nitrogens with one attached hydrogen (secondary N) is 1. The SMILES string of the molecule is CNCc1nnc(Cc2ccc(OC)cc2)o1. The van der Waals surface area contributed by atoms with Crippen LogP contribution in [0.1, 0.15) is 17.3 Å². The van der Waals surface area contributed by atoms with Gasteiger partial charge in [0.15, 0.2) is 0 Å². The Labute approximate surface area is 99.8 Å². The maximum atomic E-state index is 5.47. The zero-order valence-corrected chi connectivity index (χ0v) is 9.93. The Morgan fingerprint density at radius 2 is 1.88 bits per heavy atom. The zero-order chi connectivity index (χ0) is 12.1. The van der Waals surface area contributed by atoms with Gasteiger partial charge in [0.2, 0.25) is 11.8 Å². The van der Waals surface area contributed by atoms with Crippen LogP contribution in [0.3, 0.4) is 0 Å². The van der Waals surface area contributed by atoms with Crippen molar-refractivity contribution in [3.8, 4) is 5.75 Å². The molecule has 0 aliphatic carbocycles. The highest BCUT2D eigenvalue weighted by Crippen LogP contribution is 2.14. The van der Waals surface area contributed by atoms with Crippen LogP contribution in [0.15, 0.2) is 28.7 Å². The average Bonchev–Trinajstić information content (AvgIpc) is 2.78. The fourth-order valence-corrected chi connectivity index (χ4v) is 1.50. The first-order valence-corrected chi connectivity index (χ1v) is 5.40. The molecule has 1 N–H and O–H groups in total. The molecule has 0 amide bonds. The maximum absolute atomic E-state index is 5.47. The molecule has 0 saturated carbocycles. The average molecular weight is 233 g/mol. The summed E-state index contributed by atoms with van der Waals surface area (Å²) in [7, 11) is 3.49. The summed E-state index contributed by atoms with van der Waals surface area (Å²) in [5.74, 6) is 2.08. The first-order valence-electron chi connectivity index (χ1n) is 5.40. The van der Waals surface area contributed by atoms with E-state index in [1.165, 1.54) is 0 Å². The summed E-state index contributed by atoms with van der Waals surface area (Å²) in [5, 5.41) is 10.9. The number of nitrogens with zero attached hydrogens (tertiary/aromatic N) is 2. The van der Waals surface area contributed by atoms with Crippen molar-refractivity contribution in [3.05, 3.63) is 41.6 Å². The largest absolute Gasteiger partial charge is 0.497 e. The summed E-state index contributed by atoms with van der Waals surface area (Å²) in [5.41, 5.74) is 1.12. The Kier molecular flexibility index (Phi) is 3.72. The van der Waals surface area contributed by atoms with Gasteiger partial charge in [0.25, 0.3) is 0 Å². The number of hydrogen-bond donors (Lipinski definition) is 1. The van der Waals surface area contributed by atoms with E-state index < -0.39 is 0 Å². The van der Waals surface area contributed by atoms with E-state index in [-0.39, 0.29) is 0 Å². The van der Waals surface area contributed by atoms with Gasteiger partial charge in [0, 0.05) is 0 Å². The fourth-order valence-electron chi connectivity index (χ4n) is 1.50. The van der Waals surface area contributed by atoms with Gasteiger partial charge in [-0.2, -0.15) is 0 Å². The summed E-state index contributed by atoms with van der Waals surface area (Å²) in [6.07, 6.45) is 0.640. The molecule has 0 atom stereocenters. The normalized spacial score (nSPS) is 10.5. The van der Waals surface area contributed by atoms with E-state index in [1.807, 2.05) is 31.3 Å². The lowest BCUT2D eigenvalue weighted by molar-refractivity contribution is 0.414. The molecule has 0 unspecified atom stereocenters. The van der Waals surface area contributed by atoms with E-state index in [4.69, 9.17) is 9.15 Å². The molecule has 1 heterocycles. The van der Waals surface area contributed by atoms with Crippen molar-refractivity contribution >= 4 is 0 Å². The zero-order valence-electron chi connectivity index (χ0n) is 9.93. The van der Waals surface area contributed by atoms with Crippen LogP contribution in [-0.4, -0.2) is 24.4 Å². The molecule has 0 aliphatic rings. The lowest BCUT2D eigenvalue weighted by Crippen LogP contribution is -2.04. The van der Waals surface area contributed by atoms with Crippen molar-refractivity contribution in [1.29, 1.82) is 0 Å². The van der Waals surface area contributed by atoms with Crippen molar-refractivity contribution < 1.29 is 9.15 Å². The quantitative estimate of drug-likeness (QED) is 0.845. The molecule has 0 aliphatic heterocycles. The Bertz CT molecular complexity index is 465. The topological polar surface area (TPSA) is 60.2 Å². The molecule has 2 rings (SSSR count). The second-order valence-electron chi connectivity index (χ2n) is 3.64. The van der Waals surface area contributed by atoms with Gasteiger partial charge >= 0.3 is 0 Å². The summed E-state index contributed by atoms with van der Waals surface area (Å²) in [4.78, 5) is 0. The van der Waals surface area contributed by atoms with Crippen molar-refractivity contribution in [2.24, 2.45) is 0 Å². The predicted octanol–water partition coefficient (Wildman–Crippen LogP) is 1.39. The highest BCUT2D eigenvalue weighted by atomic mass is 16.5. The van der Waals surface area contributed by atoms with Crippen LogP contribution in [0.5, 0.6) is 5.75 Å². The number of rotatable bonds is 5. The van der Waals surface area contributed by atoms with E-state index in [0.29, 0.717) is 24.7 Å². The molecule has 0 saturated heterocycles. The minimum Gasteiger partial charge on any atom is -0.497 e. The van der Waals surface area contributed by atoms with Crippen LogP contribution in [0, 0.1) is 0 Å². The molecule has 0 radical (unpaired) electrons. The summed E-state index contributed by atoms with van der Waals surface area (Å²) >= 11 is 0. The molecule has 0 spiro atoms. The van der Waals surface area contributed by atoms with Gasteiger partial charge in [0.05, 0.1) is 20.1 Å². The van der Waals surface area contributed by atoms with Gasteiger partial charge in [-0.25, -0.2) is 0 Å². The van der Waals surface area contributed by atoms with Gasteiger partial charge in [-0.3, -0.25) is 0 Å². The standard InChI is InChI=1S/C12H15N3O2/c1-13-8-12-15-14-11(17-12)7-9-3-5-10(16-2)6-4-9/h3-6,13H,7-8H2,1-2H3. The maximum Gasteiger partial charge on any atom is 0.230 e. The number of methoxy groups -OCH3 is 1. The lowest BCUT2D eigenvalue weighted by Gasteiger charge is -2.00. The molecule has 2 aromatic rings. The van der Waals surface area contributed by atoms with Gasteiger partial charge < -0.3 is 14.5 Å². The lowest BCUT2D eigenvalue weighted by atomic mass is 10.1. The van der Waals surface area contributed by atoms with E-state index in [1.54, 1.807) is 7.11 Å². The number of hydrogen-bond acceptors (Lipinski definition) is 5. The highest BCUT2D eigenvalue weighted by molar-refractivity contribution is 5.28. The minimum atomic E-state index is 0.593. The van der Waals surface area contributed by atoms with Gasteiger partial charge in [0.1, 0.15) is 5.75 Å². The molecule has 1 aromatic carbocycles. The highest BCUT2D eigenvalue weighted by Gasteiger charge is 2.06. The first kappa shape index (κ1) is 11.6. The molecule has 5 nitrogen and oxygen atoms in total. The first-order chi connectivity index (χ1) is 8.31. The molecule has 5 heteroatoms. The predicted molar refractivity (Wildman–Crippen MR) is 62.9 cm³/mol. The van der Waals surface area contributed by atoms with E-state index >= 15 is 0 Å². The van der Waals surface area contributed by atoms with Crippen molar-refractivity contribution in [3.63, 3.8) is 0 Å². The molecule has 17 heavy (non-hydrogen) atoms. The van der Waals surface area contributed by atoms with Crippen LogP contribution >= 0.6 is 0 Å². The van der Waals surface area contributed by atoms with Crippen LogP contribution in [0.2, 0.25) is 0 Å². The van der Waals surface area contributed by atoms with Crippen LogP contribution in [0.25, 0.3) is 0 Å². The van der Waals surface area contributed by atoms with Crippen LogP contribution < -0.4 is 10.1 Å². The molecular weight excluding hydrogens is 218 g/mol. The van der Waals surface area contributed by atoms with Crippen LogP contribution in [0.4, 0.5) is 0 Å². The smallest absolute Gasteiger partial charge is 0.230 e. The van der Waals surface area contributed by atoms with Crippen LogP contribution in [-0.2, 0) is 13.0 Å². The Balaban J connectivity index is 2.03. The van der Waals surface area contributed by atoms with Crippen molar-refractivity contribution in [2.45, 2.75) is 13.0 Å². The van der Waals surface area contributed by atoms with Crippen molar-refractivity contribution in [2.75, 3.05) is 14.2 Å². The minimum absolute atomic E-state index is 0.593. The van der Waals surface area contributed by atoms with E-state index in [9.17, 15) is 0 Å². The number of aromatic nitrogens is 2. The Morgan fingerprint density at radius 3 is 2.53 bits per heavy atom. The Hall–Kier alpha value is -1.88. The summed E-state index contributed by atoms with van der Waals surface area (Å²) in [6, 6.07) is 7.81. The molecular formula is C12H15N3O2. The number of benzene rings is 1. The third kappa shape index (κ3) is 3.04. The Morgan fingerprint density at radius 1 is 1.18 bits per heavy atom. The molecule has 90 valence electrons. The fraction of sp³-hybridized carbons (Fsp3) is 0.333. The summed E-state index contributed by atoms with van der Waals surface area (Å²) < 4.78 is 10.6. The van der Waals surface area contributed by atoms with E-state index in [2.05, 4.69) is 15.5 Å².